The third-order valence-corrected chi connectivity index (χ3v) is 6.91. The van der Waals surface area contributed by atoms with Gasteiger partial charge in [-0.2, -0.15) is 4.98 Å². The molecule has 2 aliphatic heterocycles. The van der Waals surface area contributed by atoms with Crippen LogP contribution in [0.5, 0.6) is 0 Å². The van der Waals surface area contributed by atoms with Gasteiger partial charge in [-0.25, -0.2) is 19.3 Å². The highest BCUT2D eigenvalue weighted by atomic mass is 19.1. The Balaban J connectivity index is 1.24. The molecule has 1 N–H and O–H groups in total. The highest BCUT2D eigenvalue weighted by Crippen LogP contribution is 2.27. The molecule has 3 aromatic rings. The molecule has 0 saturated carbocycles. The molecule has 0 bridgehead atoms. The Morgan fingerprint density at radius 1 is 1.00 bits per heavy atom. The van der Waals surface area contributed by atoms with Crippen LogP contribution in [0.25, 0.3) is 0 Å². The Bertz CT molecular complexity index is 1140. The van der Waals surface area contributed by atoms with Gasteiger partial charge in [0.05, 0.1) is 30.5 Å². The molecule has 1 fully saturated rings. The average molecular weight is 480 g/mol. The lowest BCUT2D eigenvalue weighted by Crippen LogP contribution is -2.45. The number of anilines is 3. The summed E-state index contributed by atoms with van der Waals surface area (Å²) in [7, 11) is 0. The van der Waals surface area contributed by atoms with Crippen molar-refractivity contribution in [3.05, 3.63) is 53.6 Å². The molecule has 5 rings (SSSR count). The summed E-state index contributed by atoms with van der Waals surface area (Å²) in [6.07, 6.45) is 5.75. The number of rotatable bonds is 7. The van der Waals surface area contributed by atoms with E-state index in [2.05, 4.69) is 66.5 Å². The molecule has 5 heterocycles. The zero-order valence-electron chi connectivity index (χ0n) is 20.8. The van der Waals surface area contributed by atoms with Crippen LogP contribution in [-0.4, -0.2) is 73.6 Å². The molecule has 10 heteroatoms. The fraction of sp³-hybridized carbons (Fsp3) is 0.520. The van der Waals surface area contributed by atoms with E-state index in [1.54, 1.807) is 0 Å². The van der Waals surface area contributed by atoms with Gasteiger partial charge in [0.15, 0.2) is 11.6 Å². The van der Waals surface area contributed by atoms with Crippen LogP contribution in [-0.2, 0) is 19.5 Å². The highest BCUT2D eigenvalue weighted by molar-refractivity contribution is 5.52. The first-order valence-corrected chi connectivity index (χ1v) is 12.5. The number of piperazine rings is 1. The SMILES string of the molecule is CCN1CCN(Cc2ccc(Nc3ncc(F)c(N4CCc5ncn(C(C)C)c5C4)n3)nc2)CC1. The first kappa shape index (κ1) is 23.6. The number of hydrogen-bond donors (Lipinski definition) is 1. The summed E-state index contributed by atoms with van der Waals surface area (Å²) < 4.78 is 16.9. The van der Waals surface area contributed by atoms with Crippen molar-refractivity contribution >= 4 is 17.6 Å². The van der Waals surface area contributed by atoms with Gasteiger partial charge in [0, 0.05) is 57.9 Å². The third kappa shape index (κ3) is 5.28. The number of aromatic nitrogens is 5. The second-order valence-corrected chi connectivity index (χ2v) is 9.56. The van der Waals surface area contributed by atoms with Crippen LogP contribution in [0.3, 0.4) is 0 Å². The number of pyridine rings is 1. The van der Waals surface area contributed by atoms with Gasteiger partial charge >= 0.3 is 0 Å². The van der Waals surface area contributed by atoms with Crippen LogP contribution in [0.4, 0.5) is 22.0 Å². The van der Waals surface area contributed by atoms with Crippen LogP contribution in [0.2, 0.25) is 0 Å². The molecule has 186 valence electrons. The lowest BCUT2D eigenvalue weighted by molar-refractivity contribution is 0.132. The summed E-state index contributed by atoms with van der Waals surface area (Å²) in [5, 5.41) is 3.13. The zero-order chi connectivity index (χ0) is 24.4. The van der Waals surface area contributed by atoms with E-state index >= 15 is 0 Å². The zero-order valence-corrected chi connectivity index (χ0v) is 20.8. The van der Waals surface area contributed by atoms with E-state index in [-0.39, 0.29) is 0 Å². The van der Waals surface area contributed by atoms with Crippen LogP contribution in [0.15, 0.2) is 30.9 Å². The molecule has 0 spiro atoms. The van der Waals surface area contributed by atoms with Gasteiger partial charge in [0.25, 0.3) is 0 Å². The van der Waals surface area contributed by atoms with Gasteiger partial charge in [-0.1, -0.05) is 13.0 Å². The molecular weight excluding hydrogens is 445 g/mol. The summed E-state index contributed by atoms with van der Waals surface area (Å²) in [4.78, 5) is 24.6. The number of halogens is 1. The first-order chi connectivity index (χ1) is 17.0. The number of likely N-dealkylation sites (N-methyl/N-ethyl adjacent to an activating group) is 1. The standard InChI is InChI=1S/C25H34FN9/c1-4-32-9-11-33(12-10-32)15-19-5-6-23(27-13-19)30-25-28-14-20(26)24(31-25)34-8-7-21-22(16-34)35(17-29-21)18(2)3/h5-6,13-14,17-18H,4,7-12,15-16H2,1-3H3,(H,27,28,30,31). The van der Waals surface area contributed by atoms with Gasteiger partial charge in [-0.3, -0.25) is 4.90 Å². The Morgan fingerprint density at radius 3 is 2.51 bits per heavy atom. The van der Waals surface area contributed by atoms with E-state index in [0.717, 1.165) is 57.1 Å². The fourth-order valence-corrected chi connectivity index (χ4v) is 4.80. The summed E-state index contributed by atoms with van der Waals surface area (Å²) in [6.45, 7) is 14.1. The predicted octanol–water partition coefficient (Wildman–Crippen LogP) is 3.23. The number of hydrogen-bond acceptors (Lipinski definition) is 8. The second kappa shape index (κ2) is 10.2. The molecule has 2 aliphatic rings. The minimum Gasteiger partial charge on any atom is -0.348 e. The van der Waals surface area contributed by atoms with Crippen LogP contribution in [0.1, 0.15) is 43.8 Å². The quantitative estimate of drug-likeness (QED) is 0.554. The van der Waals surface area contributed by atoms with E-state index in [0.29, 0.717) is 36.7 Å². The molecule has 35 heavy (non-hydrogen) atoms. The van der Waals surface area contributed by atoms with Crippen molar-refractivity contribution in [2.75, 3.05) is 49.5 Å². The molecule has 1 saturated heterocycles. The number of nitrogens with one attached hydrogen (secondary N) is 1. The van der Waals surface area contributed by atoms with Crippen molar-refractivity contribution in [3.8, 4) is 0 Å². The van der Waals surface area contributed by atoms with E-state index in [1.807, 2.05) is 23.5 Å². The van der Waals surface area contributed by atoms with Crippen molar-refractivity contribution < 1.29 is 4.39 Å². The molecule has 0 radical (unpaired) electrons. The van der Waals surface area contributed by atoms with E-state index < -0.39 is 5.82 Å². The van der Waals surface area contributed by atoms with Crippen molar-refractivity contribution in [2.24, 2.45) is 0 Å². The summed E-state index contributed by atoms with van der Waals surface area (Å²) in [5.74, 6) is 0.843. The van der Waals surface area contributed by atoms with Crippen molar-refractivity contribution in [1.29, 1.82) is 0 Å². The summed E-state index contributed by atoms with van der Waals surface area (Å²) in [5.41, 5.74) is 3.37. The normalized spacial score (nSPS) is 17.1. The molecule has 0 aromatic carbocycles. The smallest absolute Gasteiger partial charge is 0.230 e. The fourth-order valence-electron chi connectivity index (χ4n) is 4.80. The maximum absolute atomic E-state index is 14.7. The van der Waals surface area contributed by atoms with Crippen molar-refractivity contribution in [1.82, 2.24) is 34.3 Å². The monoisotopic (exact) mass is 479 g/mol. The van der Waals surface area contributed by atoms with Crippen LogP contribution >= 0.6 is 0 Å². The largest absolute Gasteiger partial charge is 0.348 e. The lowest BCUT2D eigenvalue weighted by atomic mass is 10.1. The molecule has 0 aliphatic carbocycles. The Hall–Kier alpha value is -3.11. The van der Waals surface area contributed by atoms with Gasteiger partial charge < -0.3 is 19.7 Å². The van der Waals surface area contributed by atoms with Gasteiger partial charge in [0.2, 0.25) is 5.95 Å². The summed E-state index contributed by atoms with van der Waals surface area (Å²) in [6, 6.07) is 4.30. The Morgan fingerprint density at radius 2 is 1.80 bits per heavy atom. The van der Waals surface area contributed by atoms with Gasteiger partial charge in [-0.15, -0.1) is 0 Å². The van der Waals surface area contributed by atoms with Crippen LogP contribution < -0.4 is 10.2 Å². The highest BCUT2D eigenvalue weighted by Gasteiger charge is 2.25. The molecule has 9 nitrogen and oxygen atoms in total. The second-order valence-electron chi connectivity index (χ2n) is 9.56. The number of fused-ring (bicyclic) bond motifs is 1. The van der Waals surface area contributed by atoms with Crippen molar-refractivity contribution in [3.63, 3.8) is 0 Å². The number of imidazole rings is 1. The lowest BCUT2D eigenvalue weighted by Gasteiger charge is -2.33. The number of nitrogens with zero attached hydrogens (tertiary/aromatic N) is 8. The van der Waals surface area contributed by atoms with E-state index in [4.69, 9.17) is 0 Å². The molecule has 0 unspecified atom stereocenters. The third-order valence-electron chi connectivity index (χ3n) is 6.91. The molecule has 0 atom stereocenters. The summed E-state index contributed by atoms with van der Waals surface area (Å²) >= 11 is 0. The topological polar surface area (TPSA) is 78.2 Å². The molecule has 0 amide bonds. The maximum Gasteiger partial charge on any atom is 0.230 e. The van der Waals surface area contributed by atoms with E-state index in [1.165, 1.54) is 11.8 Å². The minimum absolute atomic E-state index is 0.299. The maximum atomic E-state index is 14.7. The first-order valence-electron chi connectivity index (χ1n) is 12.5. The minimum atomic E-state index is -0.430. The van der Waals surface area contributed by atoms with E-state index in [9.17, 15) is 4.39 Å². The van der Waals surface area contributed by atoms with Gasteiger partial charge in [0.1, 0.15) is 5.82 Å². The van der Waals surface area contributed by atoms with Crippen LogP contribution in [0, 0.1) is 5.82 Å². The molecule has 3 aromatic heterocycles. The Kier molecular flexibility index (Phi) is 6.92. The molecular formula is C25H34FN9. The van der Waals surface area contributed by atoms with Gasteiger partial charge in [-0.05, 0) is 32.0 Å². The Labute approximate surface area is 206 Å². The average Bonchev–Trinajstić information content (AvgIpc) is 3.30. The van der Waals surface area contributed by atoms with Crippen molar-refractivity contribution in [2.45, 2.75) is 46.3 Å². The predicted molar refractivity (Wildman–Crippen MR) is 134 cm³/mol.